The average Bonchev–Trinajstić information content (AvgIpc) is 3.20. The molecule has 0 aliphatic heterocycles. The molecule has 1 amide bonds. The summed E-state index contributed by atoms with van der Waals surface area (Å²) in [6.07, 6.45) is 4.53. The Kier molecular flexibility index (Phi) is 4.09. The van der Waals surface area contributed by atoms with Crippen molar-refractivity contribution < 1.29 is 9.21 Å². The third kappa shape index (κ3) is 3.19. The third-order valence-corrected chi connectivity index (χ3v) is 5.41. The van der Waals surface area contributed by atoms with Gasteiger partial charge in [0, 0.05) is 5.56 Å². The van der Waals surface area contributed by atoms with Crippen LogP contribution in [0.1, 0.15) is 45.0 Å². The van der Waals surface area contributed by atoms with Crippen molar-refractivity contribution in [3.8, 4) is 10.8 Å². The van der Waals surface area contributed by atoms with Crippen molar-refractivity contribution in [3.05, 3.63) is 45.6 Å². The Morgan fingerprint density at radius 2 is 1.96 bits per heavy atom. The number of hydrogen-bond donors (Lipinski definition) is 1. The van der Waals surface area contributed by atoms with E-state index in [1.54, 1.807) is 0 Å². The van der Waals surface area contributed by atoms with Crippen LogP contribution in [0.5, 0.6) is 0 Å². The summed E-state index contributed by atoms with van der Waals surface area (Å²) in [6.45, 7) is 3.82. The topological polar surface area (TPSA) is 80.9 Å². The molecule has 1 aromatic carbocycles. The predicted molar refractivity (Wildman–Crippen MR) is 95.9 cm³/mol. The lowest BCUT2D eigenvalue weighted by Gasteiger charge is -2.16. The third-order valence-electron chi connectivity index (χ3n) is 4.35. The Labute approximate surface area is 149 Å². The molecule has 0 saturated carbocycles. The van der Waals surface area contributed by atoms with Gasteiger partial charge in [0.1, 0.15) is 4.88 Å². The molecule has 1 N–H and O–H groups in total. The minimum absolute atomic E-state index is 0.100. The maximum Gasteiger partial charge on any atom is 0.322 e. The summed E-state index contributed by atoms with van der Waals surface area (Å²) >= 11 is 1.49. The number of aromatic nitrogens is 3. The summed E-state index contributed by atoms with van der Waals surface area (Å²) in [7, 11) is 0. The van der Waals surface area contributed by atoms with Gasteiger partial charge in [-0.25, -0.2) is 4.98 Å². The fourth-order valence-corrected chi connectivity index (χ4v) is 3.98. The van der Waals surface area contributed by atoms with Gasteiger partial charge in [-0.05, 0) is 62.8 Å². The van der Waals surface area contributed by atoms with Gasteiger partial charge in [-0.15, -0.1) is 16.4 Å². The Morgan fingerprint density at radius 1 is 1.16 bits per heavy atom. The van der Waals surface area contributed by atoms with Gasteiger partial charge in [-0.2, -0.15) is 0 Å². The number of rotatable bonds is 3. The van der Waals surface area contributed by atoms with Crippen LogP contribution in [0.25, 0.3) is 10.8 Å². The lowest BCUT2D eigenvalue weighted by Crippen LogP contribution is -2.13. The number of fused-ring (bicyclic) bond motifs is 1. The Hall–Kier alpha value is -2.54. The summed E-state index contributed by atoms with van der Waals surface area (Å²) in [5.74, 6) is 0.143. The highest BCUT2D eigenvalue weighted by atomic mass is 32.1. The van der Waals surface area contributed by atoms with Crippen molar-refractivity contribution in [2.45, 2.75) is 39.5 Å². The fraction of sp³-hybridized carbons (Fsp3) is 0.333. The highest BCUT2D eigenvalue weighted by molar-refractivity contribution is 7.15. The molecule has 7 heteroatoms. The lowest BCUT2D eigenvalue weighted by molar-refractivity contribution is 0.102. The van der Waals surface area contributed by atoms with Crippen molar-refractivity contribution in [3.63, 3.8) is 0 Å². The second-order valence-corrected chi connectivity index (χ2v) is 7.41. The zero-order valence-corrected chi connectivity index (χ0v) is 14.9. The molecule has 1 aliphatic carbocycles. The molecule has 25 heavy (non-hydrogen) atoms. The van der Waals surface area contributed by atoms with Gasteiger partial charge in [0.05, 0.1) is 10.7 Å². The van der Waals surface area contributed by atoms with Gasteiger partial charge in [0.25, 0.3) is 11.8 Å². The maximum absolute atomic E-state index is 12.5. The molecule has 0 unspecified atom stereocenters. The summed E-state index contributed by atoms with van der Waals surface area (Å²) in [6, 6.07) is 5.97. The van der Waals surface area contributed by atoms with Crippen molar-refractivity contribution >= 4 is 23.3 Å². The van der Waals surface area contributed by atoms with Crippen LogP contribution in [-0.2, 0) is 12.8 Å². The number of aryl methyl sites for hydroxylation is 4. The van der Waals surface area contributed by atoms with Gasteiger partial charge >= 0.3 is 6.01 Å². The number of benzene rings is 1. The van der Waals surface area contributed by atoms with E-state index >= 15 is 0 Å². The molecule has 2 aromatic heterocycles. The van der Waals surface area contributed by atoms with Crippen LogP contribution in [0.3, 0.4) is 0 Å². The van der Waals surface area contributed by atoms with E-state index in [-0.39, 0.29) is 11.9 Å². The first-order chi connectivity index (χ1) is 12.1. The standard InChI is InChI=1S/C18H18N4O2S/c1-10-15(25-11(2)19-10)17-21-22-18(24-17)20-16(23)14-8-7-12-5-3-4-6-13(12)9-14/h7-9H,3-6H2,1-2H3,(H,20,22,23). The van der Waals surface area contributed by atoms with Crippen LogP contribution < -0.4 is 5.32 Å². The molecular formula is C18H18N4O2S. The van der Waals surface area contributed by atoms with E-state index in [0.717, 1.165) is 28.4 Å². The molecule has 128 valence electrons. The Balaban J connectivity index is 1.52. The number of nitrogens with one attached hydrogen (secondary N) is 1. The molecule has 6 nitrogen and oxygen atoms in total. The number of carbonyl (C=O) groups is 1. The number of hydrogen-bond acceptors (Lipinski definition) is 6. The first-order valence-corrected chi connectivity index (χ1v) is 9.13. The molecule has 0 fully saturated rings. The first kappa shape index (κ1) is 16.0. The average molecular weight is 354 g/mol. The minimum Gasteiger partial charge on any atom is -0.402 e. The maximum atomic E-state index is 12.5. The van der Waals surface area contributed by atoms with Gasteiger partial charge in [0.15, 0.2) is 0 Å². The van der Waals surface area contributed by atoms with Crippen LogP contribution in [0, 0.1) is 13.8 Å². The minimum atomic E-state index is -0.235. The number of nitrogens with zero attached hydrogens (tertiary/aromatic N) is 3. The van der Waals surface area contributed by atoms with E-state index in [1.165, 1.54) is 35.3 Å². The van der Waals surface area contributed by atoms with Crippen LogP contribution >= 0.6 is 11.3 Å². The molecule has 0 spiro atoms. The largest absolute Gasteiger partial charge is 0.402 e. The summed E-state index contributed by atoms with van der Waals surface area (Å²) in [4.78, 5) is 17.7. The molecule has 0 saturated heterocycles. The molecule has 3 aromatic rings. The van der Waals surface area contributed by atoms with Crippen molar-refractivity contribution in [2.24, 2.45) is 0 Å². The van der Waals surface area contributed by atoms with E-state index in [4.69, 9.17) is 4.42 Å². The van der Waals surface area contributed by atoms with Crippen LogP contribution in [0.15, 0.2) is 22.6 Å². The Morgan fingerprint density at radius 3 is 2.72 bits per heavy atom. The predicted octanol–water partition coefficient (Wildman–Crippen LogP) is 3.94. The molecule has 4 rings (SSSR count). The van der Waals surface area contributed by atoms with Crippen molar-refractivity contribution in [1.29, 1.82) is 0 Å². The second-order valence-electron chi connectivity index (χ2n) is 6.20. The Bertz CT molecular complexity index is 944. The van der Waals surface area contributed by atoms with E-state index < -0.39 is 0 Å². The van der Waals surface area contributed by atoms with Crippen molar-refractivity contribution in [2.75, 3.05) is 5.32 Å². The smallest absolute Gasteiger partial charge is 0.322 e. The molecule has 0 bridgehead atoms. The van der Waals surface area contributed by atoms with Crippen LogP contribution in [0.4, 0.5) is 6.01 Å². The SMILES string of the molecule is Cc1nc(C)c(-c2nnc(NC(=O)c3ccc4c(c3)CCCC4)o2)s1. The number of amides is 1. The molecule has 2 heterocycles. The van der Waals surface area contributed by atoms with Gasteiger partial charge < -0.3 is 4.42 Å². The summed E-state index contributed by atoms with van der Waals surface area (Å²) in [5, 5.41) is 11.6. The zero-order chi connectivity index (χ0) is 17.4. The normalized spacial score (nSPS) is 13.5. The first-order valence-electron chi connectivity index (χ1n) is 8.31. The molecule has 0 atom stereocenters. The van der Waals surface area contributed by atoms with E-state index in [1.807, 2.05) is 32.0 Å². The molecular weight excluding hydrogens is 336 g/mol. The number of thiazole rings is 1. The van der Waals surface area contributed by atoms with Crippen LogP contribution in [-0.4, -0.2) is 21.1 Å². The zero-order valence-electron chi connectivity index (χ0n) is 14.1. The van der Waals surface area contributed by atoms with E-state index in [9.17, 15) is 4.79 Å². The highest BCUT2D eigenvalue weighted by Crippen LogP contribution is 2.29. The number of carbonyl (C=O) groups excluding carboxylic acids is 1. The van der Waals surface area contributed by atoms with Crippen molar-refractivity contribution in [1.82, 2.24) is 15.2 Å². The number of anilines is 1. The quantitative estimate of drug-likeness (QED) is 0.770. The van der Waals surface area contributed by atoms with Gasteiger partial charge in [-0.1, -0.05) is 11.2 Å². The fourth-order valence-electron chi connectivity index (χ4n) is 3.14. The lowest BCUT2D eigenvalue weighted by atomic mass is 9.90. The van der Waals surface area contributed by atoms with Crippen LogP contribution in [0.2, 0.25) is 0 Å². The molecule has 1 aliphatic rings. The van der Waals surface area contributed by atoms with E-state index in [0.29, 0.717) is 11.5 Å². The molecule has 0 radical (unpaired) electrons. The highest BCUT2D eigenvalue weighted by Gasteiger charge is 2.18. The van der Waals surface area contributed by atoms with Gasteiger partial charge in [0.2, 0.25) is 0 Å². The summed E-state index contributed by atoms with van der Waals surface area (Å²) in [5.41, 5.74) is 4.07. The van der Waals surface area contributed by atoms with Gasteiger partial charge in [-0.3, -0.25) is 10.1 Å². The second kappa shape index (κ2) is 6.40. The monoisotopic (exact) mass is 354 g/mol. The van der Waals surface area contributed by atoms with E-state index in [2.05, 4.69) is 20.5 Å². The summed E-state index contributed by atoms with van der Waals surface area (Å²) < 4.78 is 5.58.